The van der Waals surface area contributed by atoms with Gasteiger partial charge in [-0.15, -0.1) is 0 Å². The monoisotopic (exact) mass is 467 g/mol. The minimum atomic E-state index is -4.79. The van der Waals surface area contributed by atoms with Crippen LogP contribution in [0.3, 0.4) is 0 Å². The summed E-state index contributed by atoms with van der Waals surface area (Å²) < 4.78 is 54.5. The summed E-state index contributed by atoms with van der Waals surface area (Å²) in [5.41, 5.74) is 1.22. The molecule has 2 aliphatic heterocycles. The van der Waals surface area contributed by atoms with Crippen molar-refractivity contribution >= 4 is 11.6 Å². The minimum absolute atomic E-state index is 0.0232. The zero-order chi connectivity index (χ0) is 23.1. The lowest BCUT2D eigenvalue weighted by atomic mass is 9.84. The molecule has 0 amide bonds. The summed E-state index contributed by atoms with van der Waals surface area (Å²) in [7, 11) is 1.37. The van der Waals surface area contributed by atoms with Crippen molar-refractivity contribution in [1.82, 2.24) is 4.90 Å². The van der Waals surface area contributed by atoms with Crippen LogP contribution in [0.15, 0.2) is 6.07 Å². The van der Waals surface area contributed by atoms with Crippen molar-refractivity contribution in [2.75, 3.05) is 26.8 Å². The van der Waals surface area contributed by atoms with Crippen LogP contribution in [-0.2, 0) is 11.2 Å². The van der Waals surface area contributed by atoms with Gasteiger partial charge in [-0.25, -0.2) is 0 Å². The second-order valence-corrected chi connectivity index (χ2v) is 9.37. The third kappa shape index (κ3) is 5.39. The quantitative estimate of drug-likeness (QED) is 0.690. The van der Waals surface area contributed by atoms with Crippen LogP contribution < -0.4 is 9.47 Å². The van der Waals surface area contributed by atoms with Crippen molar-refractivity contribution < 1.29 is 37.6 Å². The summed E-state index contributed by atoms with van der Waals surface area (Å²) in [5.74, 6) is 0.160. The molecule has 0 aromatic heterocycles. The Morgan fingerprint density at radius 3 is 2.55 bits per heavy atom. The van der Waals surface area contributed by atoms with Gasteiger partial charge in [0.2, 0.25) is 0 Å². The van der Waals surface area contributed by atoms with Gasteiger partial charge in [0.05, 0.1) is 29.9 Å². The van der Waals surface area contributed by atoms with E-state index in [4.69, 9.17) is 25.8 Å². The van der Waals surface area contributed by atoms with Gasteiger partial charge in [0.1, 0.15) is 6.61 Å². The van der Waals surface area contributed by atoms with Gasteiger partial charge in [-0.05, 0) is 50.8 Å². The zero-order valence-corrected chi connectivity index (χ0v) is 18.8. The standard InChI is InChI=1S/C21H29ClF3NO5/c1-20(2,3)31-16-9-26-6-5-11-12(13(26)8-14(16)27)7-15(29-4)19(18(11)22)30-10-17(28)21(23,24)25/h7,13-14,16-17,27-28H,5-6,8-10H2,1-4H3/t13-,14-,16-,17+/m1/s1. The highest BCUT2D eigenvalue weighted by Gasteiger charge is 2.42. The molecule has 2 N–H and O–H groups in total. The van der Waals surface area contributed by atoms with E-state index in [0.29, 0.717) is 25.9 Å². The molecule has 1 saturated heterocycles. The number of aliphatic hydroxyl groups is 2. The van der Waals surface area contributed by atoms with Crippen LogP contribution in [-0.4, -0.2) is 72.0 Å². The van der Waals surface area contributed by atoms with Crippen LogP contribution in [0.5, 0.6) is 11.5 Å². The molecular weight excluding hydrogens is 439 g/mol. The van der Waals surface area contributed by atoms with Crippen molar-refractivity contribution in [2.45, 2.75) is 69.7 Å². The number of alkyl halides is 3. The Balaban J connectivity index is 1.86. The molecule has 3 rings (SSSR count). The molecule has 0 unspecified atom stereocenters. The first kappa shape index (κ1) is 24.4. The normalized spacial score (nSPS) is 25.5. The molecule has 31 heavy (non-hydrogen) atoms. The number of methoxy groups -OCH3 is 1. The van der Waals surface area contributed by atoms with E-state index in [2.05, 4.69) is 4.90 Å². The minimum Gasteiger partial charge on any atom is -0.493 e. The molecule has 0 saturated carbocycles. The van der Waals surface area contributed by atoms with Crippen LogP contribution in [0.1, 0.15) is 44.4 Å². The lowest BCUT2D eigenvalue weighted by molar-refractivity contribution is -0.210. The summed E-state index contributed by atoms with van der Waals surface area (Å²) in [5, 5.41) is 20.1. The number of fused-ring (bicyclic) bond motifs is 3. The Morgan fingerprint density at radius 2 is 1.97 bits per heavy atom. The number of hydrogen-bond acceptors (Lipinski definition) is 6. The van der Waals surface area contributed by atoms with Crippen LogP contribution in [0.25, 0.3) is 0 Å². The van der Waals surface area contributed by atoms with Gasteiger partial charge in [-0.2, -0.15) is 13.2 Å². The number of benzene rings is 1. The number of nitrogens with zero attached hydrogens (tertiary/aromatic N) is 1. The van der Waals surface area contributed by atoms with E-state index >= 15 is 0 Å². The second kappa shape index (κ2) is 8.94. The first-order chi connectivity index (χ1) is 14.3. The third-order valence-corrected chi connectivity index (χ3v) is 5.97. The van der Waals surface area contributed by atoms with Gasteiger partial charge in [0.15, 0.2) is 17.6 Å². The van der Waals surface area contributed by atoms with Crippen molar-refractivity contribution in [1.29, 1.82) is 0 Å². The van der Waals surface area contributed by atoms with Gasteiger partial charge < -0.3 is 24.4 Å². The average molecular weight is 468 g/mol. The number of halogens is 4. The molecule has 1 fully saturated rings. The van der Waals surface area contributed by atoms with Gasteiger partial charge in [-0.1, -0.05) is 11.6 Å². The molecule has 4 atom stereocenters. The molecule has 6 nitrogen and oxygen atoms in total. The maximum atomic E-state index is 12.6. The number of piperidine rings is 1. The SMILES string of the molecule is COc1cc2c(c(Cl)c1OC[C@H](O)C(F)(F)F)CCN1C[C@@H](OC(C)(C)C)[C@H](O)C[C@H]21. The smallest absolute Gasteiger partial charge is 0.417 e. The molecule has 1 aromatic carbocycles. The molecule has 2 aliphatic rings. The second-order valence-electron chi connectivity index (χ2n) is 8.99. The van der Waals surface area contributed by atoms with Crippen molar-refractivity contribution in [3.8, 4) is 11.5 Å². The third-order valence-electron chi connectivity index (χ3n) is 5.57. The van der Waals surface area contributed by atoms with Gasteiger partial charge in [0, 0.05) is 19.1 Å². The molecule has 0 spiro atoms. The predicted molar refractivity (Wildman–Crippen MR) is 109 cm³/mol. The molecule has 176 valence electrons. The number of aliphatic hydroxyl groups excluding tert-OH is 2. The maximum absolute atomic E-state index is 12.6. The molecular formula is C21H29ClF3NO5. The lowest BCUT2D eigenvalue weighted by Crippen LogP contribution is -2.53. The molecule has 0 bridgehead atoms. The molecule has 10 heteroatoms. The summed E-state index contributed by atoms with van der Waals surface area (Å²) in [6.45, 7) is 6.06. The lowest BCUT2D eigenvalue weighted by Gasteiger charge is -2.47. The van der Waals surface area contributed by atoms with E-state index in [1.54, 1.807) is 6.07 Å². The molecule has 2 heterocycles. The van der Waals surface area contributed by atoms with Crippen molar-refractivity contribution in [3.63, 3.8) is 0 Å². The fourth-order valence-corrected chi connectivity index (χ4v) is 4.52. The van der Waals surface area contributed by atoms with E-state index in [1.807, 2.05) is 20.8 Å². The van der Waals surface area contributed by atoms with Crippen LogP contribution in [0.2, 0.25) is 5.02 Å². The number of hydrogen-bond donors (Lipinski definition) is 2. The number of ether oxygens (including phenoxy) is 3. The van der Waals surface area contributed by atoms with Gasteiger partial charge in [-0.3, -0.25) is 4.90 Å². The maximum Gasteiger partial charge on any atom is 0.417 e. The van der Waals surface area contributed by atoms with Gasteiger partial charge in [0.25, 0.3) is 0 Å². The Morgan fingerprint density at radius 1 is 1.29 bits per heavy atom. The summed E-state index contributed by atoms with van der Waals surface area (Å²) in [6, 6.07) is 1.57. The summed E-state index contributed by atoms with van der Waals surface area (Å²) in [4.78, 5) is 2.22. The van der Waals surface area contributed by atoms with Crippen molar-refractivity contribution in [3.05, 3.63) is 22.2 Å². The average Bonchev–Trinajstić information content (AvgIpc) is 2.65. The summed E-state index contributed by atoms with van der Waals surface area (Å²) >= 11 is 6.52. The van der Waals surface area contributed by atoms with Crippen molar-refractivity contribution in [2.24, 2.45) is 0 Å². The Bertz CT molecular complexity index is 799. The van der Waals surface area contributed by atoms with E-state index < -0.39 is 25.0 Å². The van der Waals surface area contributed by atoms with E-state index in [1.165, 1.54) is 7.11 Å². The van der Waals surface area contributed by atoms with Crippen LogP contribution >= 0.6 is 11.6 Å². The molecule has 0 radical (unpaired) electrons. The topological polar surface area (TPSA) is 71.4 Å². The highest BCUT2D eigenvalue weighted by molar-refractivity contribution is 6.33. The Labute approximate surface area is 184 Å². The molecule has 0 aliphatic carbocycles. The Hall–Kier alpha value is -1.26. The largest absolute Gasteiger partial charge is 0.493 e. The van der Waals surface area contributed by atoms with Crippen LogP contribution in [0, 0.1) is 0 Å². The van der Waals surface area contributed by atoms with Gasteiger partial charge >= 0.3 is 6.18 Å². The van der Waals surface area contributed by atoms with E-state index in [0.717, 1.165) is 11.1 Å². The fraction of sp³-hybridized carbons (Fsp3) is 0.714. The predicted octanol–water partition coefficient (Wildman–Crippen LogP) is 3.50. The molecule has 1 aromatic rings. The highest BCUT2D eigenvalue weighted by atomic mass is 35.5. The first-order valence-corrected chi connectivity index (χ1v) is 10.6. The zero-order valence-electron chi connectivity index (χ0n) is 18.0. The summed E-state index contributed by atoms with van der Waals surface area (Å²) in [6.07, 6.45) is -7.42. The Kier molecular flexibility index (Phi) is 7.03. The fourth-order valence-electron chi connectivity index (χ4n) is 4.17. The highest BCUT2D eigenvalue weighted by Crippen LogP contribution is 2.47. The number of rotatable bonds is 5. The van der Waals surface area contributed by atoms with Crippen LogP contribution in [0.4, 0.5) is 13.2 Å². The van der Waals surface area contributed by atoms with E-state index in [-0.39, 0.29) is 34.3 Å². The first-order valence-electron chi connectivity index (χ1n) is 10.2. The van der Waals surface area contributed by atoms with E-state index in [9.17, 15) is 23.4 Å².